The number of hydrogen-bond donors (Lipinski definition) is 3. The summed E-state index contributed by atoms with van der Waals surface area (Å²) < 4.78 is 40.3. The SMILES string of the molecule is O=C1[C@H]2[C@H](CC=C3[C@H]2C[C@H]2C(=O)N(Nc4ncc(C(F)(F)F)cc4Cl)C(=O)[C@@]2(c2ccc(Cl)cc2)[C@H]3c2c(O)ccc3ccccc23)C(=O)N1O. The highest BCUT2D eigenvalue weighted by Crippen LogP contribution is 2.65. The predicted octanol–water partition coefficient (Wildman–Crippen LogP) is 6.64. The fourth-order valence-corrected chi connectivity index (χ4v) is 9.00. The topological polar surface area (TPSA) is 140 Å². The molecule has 6 atom stereocenters. The number of phenolic OH excluding ortho intramolecular Hbond substituents is 1. The molecule has 1 saturated carbocycles. The summed E-state index contributed by atoms with van der Waals surface area (Å²) in [6.45, 7) is 0. The van der Waals surface area contributed by atoms with Crippen molar-refractivity contribution in [2.45, 2.75) is 30.4 Å². The van der Waals surface area contributed by atoms with Gasteiger partial charge in [-0.25, -0.2) is 4.98 Å². The molecule has 260 valence electrons. The summed E-state index contributed by atoms with van der Waals surface area (Å²) in [5.41, 5.74) is 0.722. The molecule has 0 radical (unpaired) electrons. The van der Waals surface area contributed by atoms with Crippen molar-refractivity contribution in [2.24, 2.45) is 23.7 Å². The lowest BCUT2D eigenvalue weighted by atomic mass is 9.48. The van der Waals surface area contributed by atoms with Crippen LogP contribution < -0.4 is 5.43 Å². The van der Waals surface area contributed by atoms with Crippen LogP contribution in [-0.2, 0) is 30.8 Å². The molecule has 1 aromatic heterocycles. The molecule has 51 heavy (non-hydrogen) atoms. The van der Waals surface area contributed by atoms with E-state index in [9.17, 15) is 37.9 Å². The van der Waals surface area contributed by atoms with Crippen molar-refractivity contribution in [2.75, 3.05) is 5.43 Å². The van der Waals surface area contributed by atoms with Gasteiger partial charge in [0.2, 0.25) is 0 Å². The van der Waals surface area contributed by atoms with Crippen molar-refractivity contribution in [3.05, 3.63) is 111 Å². The van der Waals surface area contributed by atoms with Gasteiger partial charge in [0.15, 0.2) is 5.82 Å². The molecule has 2 saturated heterocycles. The van der Waals surface area contributed by atoms with E-state index < -0.39 is 81.2 Å². The number of allylic oxidation sites excluding steroid dienone is 2. The molecule has 15 heteroatoms. The molecule has 8 rings (SSSR count). The summed E-state index contributed by atoms with van der Waals surface area (Å²) in [7, 11) is 0. The van der Waals surface area contributed by atoms with Gasteiger partial charge < -0.3 is 5.11 Å². The number of rotatable bonds is 4. The van der Waals surface area contributed by atoms with E-state index in [0.29, 0.717) is 44.2 Å². The number of hydrogen-bond acceptors (Lipinski definition) is 8. The van der Waals surface area contributed by atoms with E-state index in [1.807, 2.05) is 6.07 Å². The Labute approximate surface area is 297 Å². The highest BCUT2D eigenvalue weighted by Gasteiger charge is 2.71. The van der Waals surface area contributed by atoms with Crippen LogP contribution in [0.1, 0.15) is 35.4 Å². The Morgan fingerprint density at radius 2 is 1.65 bits per heavy atom. The first-order chi connectivity index (χ1) is 24.2. The second-order valence-corrected chi connectivity index (χ2v) is 14.0. The molecule has 10 nitrogen and oxygen atoms in total. The Morgan fingerprint density at radius 3 is 2.35 bits per heavy atom. The number of halogens is 5. The molecule has 4 amide bonds. The average Bonchev–Trinajstić information content (AvgIpc) is 3.45. The third kappa shape index (κ3) is 4.71. The maximum Gasteiger partial charge on any atom is 0.417 e. The van der Waals surface area contributed by atoms with Crippen LogP contribution in [0, 0.1) is 23.7 Å². The van der Waals surface area contributed by atoms with Gasteiger partial charge in [-0.2, -0.15) is 23.2 Å². The number of nitrogens with one attached hydrogen (secondary N) is 1. The van der Waals surface area contributed by atoms with Crippen molar-refractivity contribution in [3.63, 3.8) is 0 Å². The Kier molecular flexibility index (Phi) is 7.50. The van der Waals surface area contributed by atoms with Crippen molar-refractivity contribution in [1.29, 1.82) is 0 Å². The molecular weight excluding hydrogens is 712 g/mol. The van der Waals surface area contributed by atoms with Crippen LogP contribution in [0.25, 0.3) is 10.8 Å². The first-order valence-corrected chi connectivity index (χ1v) is 16.6. The zero-order chi connectivity index (χ0) is 36.1. The molecule has 0 bridgehead atoms. The molecule has 3 heterocycles. The van der Waals surface area contributed by atoms with Crippen molar-refractivity contribution in [3.8, 4) is 5.75 Å². The number of hydroxylamine groups is 2. The quantitative estimate of drug-likeness (QED) is 0.120. The van der Waals surface area contributed by atoms with Crippen LogP contribution in [0.2, 0.25) is 10.0 Å². The van der Waals surface area contributed by atoms with Crippen LogP contribution in [0.15, 0.2) is 84.6 Å². The van der Waals surface area contributed by atoms with E-state index in [-0.39, 0.29) is 29.2 Å². The number of amides is 4. The number of benzene rings is 3. The molecule has 2 aliphatic heterocycles. The zero-order valence-corrected chi connectivity index (χ0v) is 27.6. The molecule has 3 N–H and O–H groups in total. The van der Waals surface area contributed by atoms with Crippen LogP contribution in [0.4, 0.5) is 19.0 Å². The highest BCUT2D eigenvalue weighted by molar-refractivity contribution is 6.33. The number of imide groups is 2. The monoisotopic (exact) mass is 736 g/mol. The van der Waals surface area contributed by atoms with E-state index in [2.05, 4.69) is 10.4 Å². The maximum atomic E-state index is 15.3. The zero-order valence-electron chi connectivity index (χ0n) is 26.1. The molecule has 4 aliphatic rings. The number of alkyl halides is 3. The minimum Gasteiger partial charge on any atom is -0.508 e. The molecule has 0 unspecified atom stereocenters. The van der Waals surface area contributed by atoms with Crippen molar-refractivity contribution >= 4 is 63.4 Å². The second-order valence-electron chi connectivity index (χ2n) is 13.1. The normalized spacial score (nSPS) is 27.4. The van der Waals surface area contributed by atoms with Gasteiger partial charge in [0.25, 0.3) is 23.6 Å². The van der Waals surface area contributed by atoms with Crippen molar-refractivity contribution < 1.29 is 42.7 Å². The van der Waals surface area contributed by atoms with Gasteiger partial charge in [-0.3, -0.25) is 29.8 Å². The van der Waals surface area contributed by atoms with Gasteiger partial charge in [-0.05, 0) is 59.4 Å². The van der Waals surface area contributed by atoms with Crippen LogP contribution in [0.5, 0.6) is 5.75 Å². The van der Waals surface area contributed by atoms with Gasteiger partial charge in [0.05, 0.1) is 33.8 Å². The number of carbonyl (C=O) groups is 4. The highest BCUT2D eigenvalue weighted by atomic mass is 35.5. The fraction of sp³-hybridized carbons (Fsp3) is 0.250. The minimum atomic E-state index is -4.76. The number of phenols is 1. The first kappa shape index (κ1) is 33.2. The lowest BCUT2D eigenvalue weighted by molar-refractivity contribution is -0.173. The van der Waals surface area contributed by atoms with Crippen LogP contribution >= 0.6 is 23.2 Å². The average molecular weight is 738 g/mol. The Hall–Kier alpha value is -4.98. The molecule has 3 aromatic carbocycles. The molecule has 2 aliphatic carbocycles. The second kappa shape index (κ2) is 11.5. The number of carbonyl (C=O) groups excluding carboxylic acids is 4. The number of pyridine rings is 1. The number of anilines is 1. The van der Waals surface area contributed by atoms with Crippen molar-refractivity contribution in [1.82, 2.24) is 15.1 Å². The summed E-state index contributed by atoms with van der Waals surface area (Å²) in [5, 5.41) is 24.0. The number of aromatic hydroxyl groups is 1. The summed E-state index contributed by atoms with van der Waals surface area (Å²) in [4.78, 5) is 60.2. The van der Waals surface area contributed by atoms with Gasteiger partial charge >= 0.3 is 6.18 Å². The summed E-state index contributed by atoms with van der Waals surface area (Å²) in [5.74, 6) is -9.08. The standard InChI is InChI=1S/C36H25Cl2F3N4O6/c37-19-8-6-17(7-9-19)35-24(32(48)44(34(35)50)43-30-25(38)13-18(15-42-30)36(39,40)41)14-23-21(10-11-22-27(23)33(49)45(51)31(22)47)29(35)28-20-4-2-1-3-16(20)5-12-26(28)46/h1-10,12-13,15,22-24,27,29,46,51H,11,14H2,(H,42,43)/t22-,23+,24-,27-,29+,35+/m0/s1. The Morgan fingerprint density at radius 1 is 0.922 bits per heavy atom. The summed E-state index contributed by atoms with van der Waals surface area (Å²) in [6, 6.07) is 17.2. The lowest BCUT2D eigenvalue weighted by Gasteiger charge is -2.50. The number of aromatic nitrogens is 1. The van der Waals surface area contributed by atoms with Gasteiger partial charge in [-0.1, -0.05) is 77.3 Å². The third-order valence-corrected chi connectivity index (χ3v) is 11.3. The Balaban J connectivity index is 1.39. The van der Waals surface area contributed by atoms with E-state index in [0.717, 1.165) is 0 Å². The van der Waals surface area contributed by atoms with Crippen LogP contribution in [0.3, 0.4) is 0 Å². The predicted molar refractivity (Wildman–Crippen MR) is 176 cm³/mol. The third-order valence-electron chi connectivity index (χ3n) is 10.8. The fourth-order valence-electron chi connectivity index (χ4n) is 8.67. The molecular formula is C36H25Cl2F3N4O6. The van der Waals surface area contributed by atoms with E-state index in [1.54, 1.807) is 54.6 Å². The smallest absolute Gasteiger partial charge is 0.417 e. The van der Waals surface area contributed by atoms with E-state index in [4.69, 9.17) is 23.2 Å². The van der Waals surface area contributed by atoms with E-state index in [1.165, 1.54) is 6.07 Å². The number of hydrazine groups is 1. The number of fused-ring (bicyclic) bond motifs is 5. The maximum absolute atomic E-state index is 15.3. The van der Waals surface area contributed by atoms with Gasteiger partial charge in [0, 0.05) is 22.7 Å². The first-order valence-electron chi connectivity index (χ1n) is 15.9. The van der Waals surface area contributed by atoms with Crippen LogP contribution in [-0.4, -0.2) is 49.0 Å². The molecule has 4 aromatic rings. The van der Waals surface area contributed by atoms with Gasteiger partial charge in [-0.15, -0.1) is 0 Å². The summed E-state index contributed by atoms with van der Waals surface area (Å²) >= 11 is 12.5. The van der Waals surface area contributed by atoms with Gasteiger partial charge in [0.1, 0.15) is 5.75 Å². The number of nitrogens with zero attached hydrogens (tertiary/aromatic N) is 3. The molecule has 0 spiro atoms. The largest absolute Gasteiger partial charge is 0.508 e. The minimum absolute atomic E-state index is 0.0384. The molecule has 3 fully saturated rings. The lowest BCUT2D eigenvalue weighted by Crippen LogP contribution is -2.53. The summed E-state index contributed by atoms with van der Waals surface area (Å²) in [6.07, 6.45) is -2.60. The van der Waals surface area contributed by atoms with E-state index >= 15 is 4.79 Å². The Bertz CT molecular complexity index is 2230.